The van der Waals surface area contributed by atoms with Crippen LogP contribution in [0.3, 0.4) is 0 Å². The van der Waals surface area contributed by atoms with Crippen molar-refractivity contribution < 1.29 is 13.9 Å². The summed E-state index contributed by atoms with van der Waals surface area (Å²) in [5.41, 5.74) is 0.898. The highest BCUT2D eigenvalue weighted by molar-refractivity contribution is 5.67. The highest BCUT2D eigenvalue weighted by atomic mass is 19.1. The number of halogens is 1. The molecule has 1 rings (SSSR count). The van der Waals surface area contributed by atoms with Crippen LogP contribution in [0.15, 0.2) is 18.2 Å². The Kier molecular flexibility index (Phi) is 5.15. The van der Waals surface area contributed by atoms with Crippen LogP contribution in [0.5, 0.6) is 0 Å². The van der Waals surface area contributed by atoms with Gasteiger partial charge in [0.1, 0.15) is 11.4 Å². The van der Waals surface area contributed by atoms with Gasteiger partial charge >= 0.3 is 6.09 Å². The average molecular weight is 268 g/mol. The summed E-state index contributed by atoms with van der Waals surface area (Å²) in [5.74, 6) is -0.303. The third-order valence-electron chi connectivity index (χ3n) is 2.23. The van der Waals surface area contributed by atoms with Gasteiger partial charge in [0.2, 0.25) is 0 Å². The first-order chi connectivity index (χ1) is 8.78. The van der Waals surface area contributed by atoms with E-state index in [9.17, 15) is 9.18 Å². The van der Waals surface area contributed by atoms with Crippen molar-refractivity contribution in [1.82, 2.24) is 5.32 Å². The second-order valence-electron chi connectivity index (χ2n) is 5.34. The van der Waals surface area contributed by atoms with Gasteiger partial charge < -0.3 is 15.4 Å². The minimum absolute atomic E-state index is 0.303. The van der Waals surface area contributed by atoms with E-state index in [0.717, 1.165) is 5.56 Å². The SMILES string of the molecule is Cc1ccc(F)c(NCCNC(=O)OC(C)(C)C)c1. The van der Waals surface area contributed by atoms with Gasteiger partial charge in [0.25, 0.3) is 0 Å². The first kappa shape index (κ1) is 15.3. The Morgan fingerprint density at radius 1 is 1.32 bits per heavy atom. The van der Waals surface area contributed by atoms with E-state index in [4.69, 9.17) is 4.74 Å². The van der Waals surface area contributed by atoms with Gasteiger partial charge in [-0.25, -0.2) is 9.18 Å². The first-order valence-corrected chi connectivity index (χ1v) is 6.25. The molecular formula is C14H21FN2O2. The summed E-state index contributed by atoms with van der Waals surface area (Å²) < 4.78 is 18.5. The van der Waals surface area contributed by atoms with Crippen LogP contribution in [0.2, 0.25) is 0 Å². The van der Waals surface area contributed by atoms with Gasteiger partial charge in [0, 0.05) is 13.1 Å². The van der Waals surface area contributed by atoms with Crippen molar-refractivity contribution in [2.24, 2.45) is 0 Å². The maximum atomic E-state index is 13.4. The zero-order chi connectivity index (χ0) is 14.5. The molecule has 0 bridgehead atoms. The third kappa shape index (κ3) is 6.08. The van der Waals surface area contributed by atoms with Crippen LogP contribution in [0, 0.1) is 12.7 Å². The smallest absolute Gasteiger partial charge is 0.407 e. The van der Waals surface area contributed by atoms with E-state index in [1.54, 1.807) is 32.9 Å². The molecule has 0 aromatic heterocycles. The Bertz CT molecular complexity index is 442. The van der Waals surface area contributed by atoms with E-state index in [1.165, 1.54) is 6.07 Å². The molecule has 0 saturated heterocycles. The molecule has 0 heterocycles. The van der Waals surface area contributed by atoms with Gasteiger partial charge in [-0.2, -0.15) is 0 Å². The first-order valence-electron chi connectivity index (χ1n) is 6.25. The van der Waals surface area contributed by atoms with E-state index < -0.39 is 11.7 Å². The summed E-state index contributed by atoms with van der Waals surface area (Å²) in [4.78, 5) is 11.4. The summed E-state index contributed by atoms with van der Waals surface area (Å²) in [6, 6.07) is 4.85. The molecule has 106 valence electrons. The van der Waals surface area contributed by atoms with E-state index in [-0.39, 0.29) is 5.82 Å². The number of benzene rings is 1. The van der Waals surface area contributed by atoms with E-state index in [1.807, 2.05) is 6.92 Å². The molecule has 0 aliphatic carbocycles. The molecule has 0 aliphatic rings. The molecule has 1 amide bonds. The number of hydrogen-bond acceptors (Lipinski definition) is 3. The third-order valence-corrected chi connectivity index (χ3v) is 2.23. The van der Waals surface area contributed by atoms with Crippen LogP contribution in [0.4, 0.5) is 14.9 Å². The molecule has 0 fully saturated rings. The molecule has 1 aromatic rings. The fourth-order valence-electron chi connectivity index (χ4n) is 1.45. The molecule has 0 spiro atoms. The number of ether oxygens (including phenoxy) is 1. The van der Waals surface area contributed by atoms with Crippen LogP contribution in [-0.2, 0) is 4.74 Å². The van der Waals surface area contributed by atoms with Crippen molar-refractivity contribution in [2.75, 3.05) is 18.4 Å². The van der Waals surface area contributed by atoms with Gasteiger partial charge in [-0.3, -0.25) is 0 Å². The maximum absolute atomic E-state index is 13.4. The molecule has 4 nitrogen and oxygen atoms in total. The Balaban J connectivity index is 2.31. The van der Waals surface area contributed by atoms with Crippen molar-refractivity contribution in [2.45, 2.75) is 33.3 Å². The van der Waals surface area contributed by atoms with Gasteiger partial charge in [0.05, 0.1) is 5.69 Å². The van der Waals surface area contributed by atoms with Crippen molar-refractivity contribution in [3.05, 3.63) is 29.6 Å². The van der Waals surface area contributed by atoms with Gasteiger partial charge in [-0.05, 0) is 45.4 Å². The lowest BCUT2D eigenvalue weighted by Gasteiger charge is -2.19. The average Bonchev–Trinajstić information content (AvgIpc) is 2.26. The minimum Gasteiger partial charge on any atom is -0.444 e. The summed E-state index contributed by atoms with van der Waals surface area (Å²) in [5, 5.41) is 5.52. The largest absolute Gasteiger partial charge is 0.444 e. The number of aryl methyl sites for hydroxylation is 1. The molecule has 0 unspecified atom stereocenters. The molecule has 1 aromatic carbocycles. The normalized spacial score (nSPS) is 11.0. The number of rotatable bonds is 4. The topological polar surface area (TPSA) is 50.4 Å². The number of anilines is 1. The molecule has 5 heteroatoms. The van der Waals surface area contributed by atoms with Gasteiger partial charge in [0.15, 0.2) is 0 Å². The molecular weight excluding hydrogens is 247 g/mol. The summed E-state index contributed by atoms with van der Waals surface area (Å²) in [7, 11) is 0. The van der Waals surface area contributed by atoms with Crippen LogP contribution < -0.4 is 10.6 Å². The number of hydrogen-bond donors (Lipinski definition) is 2. The van der Waals surface area contributed by atoms with Gasteiger partial charge in [-0.15, -0.1) is 0 Å². The van der Waals surface area contributed by atoms with Crippen LogP contribution in [-0.4, -0.2) is 24.8 Å². The summed E-state index contributed by atoms with van der Waals surface area (Å²) >= 11 is 0. The lowest BCUT2D eigenvalue weighted by Crippen LogP contribution is -2.35. The number of alkyl carbamates (subject to hydrolysis) is 1. The monoisotopic (exact) mass is 268 g/mol. The summed E-state index contributed by atoms with van der Waals surface area (Å²) in [6.07, 6.45) is -0.473. The zero-order valence-electron chi connectivity index (χ0n) is 11.8. The summed E-state index contributed by atoms with van der Waals surface area (Å²) in [6.45, 7) is 8.08. The van der Waals surface area contributed by atoms with Crippen molar-refractivity contribution in [3.8, 4) is 0 Å². The number of nitrogens with one attached hydrogen (secondary N) is 2. The van der Waals surface area contributed by atoms with Crippen molar-refractivity contribution in [1.29, 1.82) is 0 Å². The molecule has 19 heavy (non-hydrogen) atoms. The van der Waals surface area contributed by atoms with Crippen LogP contribution in [0.1, 0.15) is 26.3 Å². The molecule has 0 aliphatic heterocycles. The quantitative estimate of drug-likeness (QED) is 0.825. The standard InChI is InChI=1S/C14H21FN2O2/c1-10-5-6-11(15)12(9-10)16-7-8-17-13(18)19-14(2,3)4/h5-6,9,16H,7-8H2,1-4H3,(H,17,18). The second kappa shape index (κ2) is 6.41. The van der Waals surface area contributed by atoms with E-state index >= 15 is 0 Å². The molecule has 2 N–H and O–H groups in total. The Labute approximate surface area is 113 Å². The predicted molar refractivity (Wildman–Crippen MR) is 73.9 cm³/mol. The minimum atomic E-state index is -0.514. The molecule has 0 atom stereocenters. The van der Waals surface area contributed by atoms with Gasteiger partial charge in [-0.1, -0.05) is 6.07 Å². The van der Waals surface area contributed by atoms with E-state index in [0.29, 0.717) is 18.8 Å². The van der Waals surface area contributed by atoms with Crippen LogP contribution in [0.25, 0.3) is 0 Å². The Morgan fingerprint density at radius 3 is 2.63 bits per heavy atom. The van der Waals surface area contributed by atoms with Crippen molar-refractivity contribution >= 4 is 11.8 Å². The highest BCUT2D eigenvalue weighted by Crippen LogP contribution is 2.14. The maximum Gasteiger partial charge on any atom is 0.407 e. The Hall–Kier alpha value is -1.78. The predicted octanol–water partition coefficient (Wildman–Crippen LogP) is 3.07. The van der Waals surface area contributed by atoms with Crippen molar-refractivity contribution in [3.63, 3.8) is 0 Å². The fraction of sp³-hybridized carbons (Fsp3) is 0.500. The second-order valence-corrected chi connectivity index (χ2v) is 5.34. The highest BCUT2D eigenvalue weighted by Gasteiger charge is 2.15. The zero-order valence-corrected chi connectivity index (χ0v) is 11.8. The lowest BCUT2D eigenvalue weighted by molar-refractivity contribution is 0.0530. The lowest BCUT2D eigenvalue weighted by atomic mass is 10.2. The van der Waals surface area contributed by atoms with E-state index in [2.05, 4.69) is 10.6 Å². The molecule has 0 saturated carbocycles. The Morgan fingerprint density at radius 2 is 2.00 bits per heavy atom. The van der Waals surface area contributed by atoms with Crippen LogP contribution >= 0.6 is 0 Å². The molecule has 0 radical (unpaired) electrons. The number of carbonyl (C=O) groups excluding carboxylic acids is 1. The fourth-order valence-corrected chi connectivity index (χ4v) is 1.45. The number of carbonyl (C=O) groups is 1. The number of amides is 1.